The number of likely N-dealkylation sites (N-methyl/N-ethyl adjacent to an activating group) is 1. The van der Waals surface area contributed by atoms with E-state index in [1.165, 1.54) is 0 Å². The SMILES string of the molecule is CN(CC1CCN(C(=O)C2(N)CCCC2)CC1)[C@@H]1COC[C@@H](O)[C@H]1O. The van der Waals surface area contributed by atoms with Crippen molar-refractivity contribution in [2.75, 3.05) is 39.9 Å². The van der Waals surface area contributed by atoms with E-state index < -0.39 is 17.7 Å². The number of nitrogens with zero attached hydrogens (tertiary/aromatic N) is 2. The summed E-state index contributed by atoms with van der Waals surface area (Å²) < 4.78 is 5.37. The van der Waals surface area contributed by atoms with Crippen molar-refractivity contribution in [2.45, 2.75) is 62.3 Å². The van der Waals surface area contributed by atoms with Gasteiger partial charge in [0.1, 0.15) is 6.10 Å². The number of nitrogens with two attached hydrogens (primary N) is 1. The highest BCUT2D eigenvalue weighted by Gasteiger charge is 2.41. The molecule has 4 N–H and O–H groups in total. The van der Waals surface area contributed by atoms with Crippen LogP contribution in [0.15, 0.2) is 0 Å². The third-order valence-electron chi connectivity index (χ3n) is 6.30. The summed E-state index contributed by atoms with van der Waals surface area (Å²) >= 11 is 0. The standard InChI is InChI=1S/C18H33N3O4/c1-20(14-11-25-12-15(22)16(14)23)10-13-4-8-21(9-5-13)17(24)18(19)6-2-3-7-18/h13-16,22-23H,2-12,19H2,1H3/t14-,15-,16+/m1/s1. The van der Waals surface area contributed by atoms with Crippen LogP contribution in [0.1, 0.15) is 38.5 Å². The number of carbonyl (C=O) groups is 1. The molecule has 25 heavy (non-hydrogen) atoms. The Morgan fingerprint density at radius 1 is 1.24 bits per heavy atom. The molecule has 0 radical (unpaired) electrons. The van der Waals surface area contributed by atoms with Crippen LogP contribution in [0.3, 0.4) is 0 Å². The summed E-state index contributed by atoms with van der Waals surface area (Å²) in [7, 11) is 1.97. The second kappa shape index (κ2) is 7.88. The van der Waals surface area contributed by atoms with Gasteiger partial charge >= 0.3 is 0 Å². The first-order valence-electron chi connectivity index (χ1n) is 9.63. The summed E-state index contributed by atoms with van der Waals surface area (Å²) in [4.78, 5) is 16.7. The zero-order chi connectivity index (χ0) is 18.0. The van der Waals surface area contributed by atoms with Crippen LogP contribution in [0.4, 0.5) is 0 Å². The van der Waals surface area contributed by atoms with Crippen LogP contribution in [-0.4, -0.2) is 89.6 Å². The van der Waals surface area contributed by atoms with Gasteiger partial charge in [0.05, 0.1) is 30.9 Å². The Bertz CT molecular complexity index is 461. The summed E-state index contributed by atoms with van der Waals surface area (Å²) in [6.07, 6.45) is 4.08. The van der Waals surface area contributed by atoms with Crippen molar-refractivity contribution >= 4 is 5.91 Å². The first-order chi connectivity index (χ1) is 11.9. The molecule has 1 aliphatic carbocycles. The molecule has 0 aromatic rings. The number of piperidine rings is 1. The van der Waals surface area contributed by atoms with E-state index in [4.69, 9.17) is 10.5 Å². The fraction of sp³-hybridized carbons (Fsp3) is 0.944. The Morgan fingerprint density at radius 3 is 2.52 bits per heavy atom. The summed E-state index contributed by atoms with van der Waals surface area (Å²) in [5.74, 6) is 0.619. The first-order valence-corrected chi connectivity index (χ1v) is 9.63. The van der Waals surface area contributed by atoms with Crippen molar-refractivity contribution < 1.29 is 19.7 Å². The maximum Gasteiger partial charge on any atom is 0.242 e. The number of ether oxygens (including phenoxy) is 1. The van der Waals surface area contributed by atoms with Crippen molar-refractivity contribution in [1.82, 2.24) is 9.80 Å². The lowest BCUT2D eigenvalue weighted by atomic mass is 9.91. The van der Waals surface area contributed by atoms with Crippen molar-refractivity contribution in [3.05, 3.63) is 0 Å². The molecular weight excluding hydrogens is 322 g/mol. The average Bonchev–Trinajstić information content (AvgIpc) is 3.05. The monoisotopic (exact) mass is 355 g/mol. The quantitative estimate of drug-likeness (QED) is 0.632. The lowest BCUT2D eigenvalue weighted by Gasteiger charge is -2.41. The second-order valence-electron chi connectivity index (χ2n) is 8.20. The number of hydrogen-bond donors (Lipinski definition) is 3. The largest absolute Gasteiger partial charge is 0.389 e. The number of rotatable bonds is 4. The summed E-state index contributed by atoms with van der Waals surface area (Å²) in [6, 6.07) is -0.172. The van der Waals surface area contributed by atoms with Crippen LogP contribution in [0.25, 0.3) is 0 Å². The molecule has 3 atom stereocenters. The molecule has 144 valence electrons. The smallest absolute Gasteiger partial charge is 0.242 e. The summed E-state index contributed by atoms with van der Waals surface area (Å²) in [6.45, 7) is 3.02. The van der Waals surface area contributed by atoms with E-state index in [1.807, 2.05) is 11.9 Å². The average molecular weight is 355 g/mol. The normalized spacial score (nSPS) is 33.8. The van der Waals surface area contributed by atoms with Gasteiger partial charge in [-0.3, -0.25) is 9.69 Å². The van der Waals surface area contributed by atoms with E-state index in [9.17, 15) is 15.0 Å². The molecule has 1 saturated carbocycles. The van der Waals surface area contributed by atoms with Crippen LogP contribution in [-0.2, 0) is 9.53 Å². The molecule has 3 fully saturated rings. The molecule has 0 aromatic carbocycles. The number of aliphatic hydroxyl groups excluding tert-OH is 2. The van der Waals surface area contributed by atoms with Gasteiger partial charge in [-0.1, -0.05) is 12.8 Å². The zero-order valence-electron chi connectivity index (χ0n) is 15.3. The molecule has 7 nitrogen and oxygen atoms in total. The number of carbonyl (C=O) groups excluding carboxylic acids is 1. The number of hydrogen-bond acceptors (Lipinski definition) is 6. The molecule has 0 spiro atoms. The van der Waals surface area contributed by atoms with Gasteiger partial charge in [-0.2, -0.15) is 0 Å². The van der Waals surface area contributed by atoms with E-state index in [-0.39, 0.29) is 18.6 Å². The third-order valence-corrected chi connectivity index (χ3v) is 6.30. The highest BCUT2D eigenvalue weighted by Crippen LogP contribution is 2.31. The molecule has 0 bridgehead atoms. The van der Waals surface area contributed by atoms with E-state index in [2.05, 4.69) is 4.90 Å². The van der Waals surface area contributed by atoms with Gasteiger partial charge < -0.3 is 25.6 Å². The van der Waals surface area contributed by atoms with Gasteiger partial charge in [0, 0.05) is 19.6 Å². The van der Waals surface area contributed by atoms with Gasteiger partial charge in [-0.25, -0.2) is 0 Å². The first kappa shape index (κ1) is 19.0. The van der Waals surface area contributed by atoms with Crippen molar-refractivity contribution in [3.8, 4) is 0 Å². The molecule has 0 aromatic heterocycles. The molecular formula is C18H33N3O4. The van der Waals surface area contributed by atoms with Crippen molar-refractivity contribution in [3.63, 3.8) is 0 Å². The fourth-order valence-electron chi connectivity index (χ4n) is 4.55. The van der Waals surface area contributed by atoms with Gasteiger partial charge in [0.2, 0.25) is 5.91 Å². The van der Waals surface area contributed by atoms with Gasteiger partial charge in [0.15, 0.2) is 0 Å². The highest BCUT2D eigenvalue weighted by molar-refractivity contribution is 5.86. The van der Waals surface area contributed by atoms with E-state index in [0.29, 0.717) is 12.5 Å². The Hall–Kier alpha value is -0.730. The van der Waals surface area contributed by atoms with Crippen molar-refractivity contribution in [1.29, 1.82) is 0 Å². The Labute approximate surface area is 150 Å². The van der Waals surface area contributed by atoms with Crippen LogP contribution in [0.2, 0.25) is 0 Å². The van der Waals surface area contributed by atoms with Crippen LogP contribution < -0.4 is 5.73 Å². The topological polar surface area (TPSA) is 99.3 Å². The second-order valence-corrected chi connectivity index (χ2v) is 8.20. The van der Waals surface area contributed by atoms with Crippen LogP contribution >= 0.6 is 0 Å². The number of likely N-dealkylation sites (tertiary alicyclic amines) is 1. The van der Waals surface area contributed by atoms with E-state index in [0.717, 1.165) is 58.2 Å². The maximum atomic E-state index is 12.7. The van der Waals surface area contributed by atoms with Crippen LogP contribution in [0.5, 0.6) is 0 Å². The van der Waals surface area contributed by atoms with Crippen LogP contribution in [0, 0.1) is 5.92 Å². The predicted octanol–water partition coefficient (Wildman–Crippen LogP) is -0.451. The Morgan fingerprint density at radius 2 is 1.88 bits per heavy atom. The maximum absolute atomic E-state index is 12.7. The van der Waals surface area contributed by atoms with E-state index in [1.54, 1.807) is 0 Å². The minimum Gasteiger partial charge on any atom is -0.389 e. The van der Waals surface area contributed by atoms with Crippen molar-refractivity contribution in [2.24, 2.45) is 11.7 Å². The molecule has 0 unspecified atom stereocenters. The molecule has 1 amide bonds. The summed E-state index contributed by atoms with van der Waals surface area (Å²) in [5.41, 5.74) is 5.69. The minimum atomic E-state index is -0.812. The molecule has 3 rings (SSSR count). The number of aliphatic hydroxyl groups is 2. The Balaban J connectivity index is 1.47. The third kappa shape index (κ3) is 4.17. The molecule has 2 saturated heterocycles. The molecule has 2 heterocycles. The Kier molecular flexibility index (Phi) is 6.00. The van der Waals surface area contributed by atoms with Gasteiger partial charge in [-0.15, -0.1) is 0 Å². The fourth-order valence-corrected chi connectivity index (χ4v) is 4.55. The van der Waals surface area contributed by atoms with Gasteiger partial charge in [0.25, 0.3) is 0 Å². The zero-order valence-corrected chi connectivity index (χ0v) is 15.3. The highest BCUT2D eigenvalue weighted by atomic mass is 16.5. The lowest BCUT2D eigenvalue weighted by molar-refractivity contribution is -0.139. The molecule has 7 heteroatoms. The lowest BCUT2D eigenvalue weighted by Crippen LogP contribution is -2.57. The minimum absolute atomic E-state index is 0.135. The molecule has 2 aliphatic heterocycles. The van der Waals surface area contributed by atoms with Gasteiger partial charge in [-0.05, 0) is 38.6 Å². The summed E-state index contributed by atoms with van der Waals surface area (Å²) in [5, 5.41) is 19.9. The van der Waals surface area contributed by atoms with E-state index >= 15 is 0 Å². The molecule has 3 aliphatic rings. The number of amides is 1. The predicted molar refractivity (Wildman–Crippen MR) is 93.9 cm³/mol.